The van der Waals surface area contributed by atoms with E-state index in [2.05, 4.69) is 14.9 Å². The van der Waals surface area contributed by atoms with Crippen molar-refractivity contribution >= 4 is 56.3 Å². The standard InChI is InChI=1S/C20H23FN4O2S2.ClH/c1-13-18(28-14(2)22-13)19(26)25(8-4-7-24-9-11-27-12-10-24)20-23-17-15(21)5-3-6-16(17)29-20;/h3,5-6H,4,7-12H2,1-2H3;1H. The van der Waals surface area contributed by atoms with Crippen molar-refractivity contribution in [3.63, 3.8) is 0 Å². The van der Waals surface area contributed by atoms with Gasteiger partial charge in [-0.15, -0.1) is 23.7 Å². The molecule has 3 heterocycles. The maximum absolute atomic E-state index is 14.2. The van der Waals surface area contributed by atoms with E-state index < -0.39 is 0 Å². The number of halogens is 2. The summed E-state index contributed by atoms with van der Waals surface area (Å²) in [4.78, 5) is 26.9. The van der Waals surface area contributed by atoms with Crippen molar-refractivity contribution in [2.45, 2.75) is 20.3 Å². The molecule has 0 N–H and O–H groups in total. The molecule has 1 aliphatic rings. The SMILES string of the molecule is Cc1nc(C)c(C(=O)N(CCCN2CCOCC2)c2nc3c(F)cccc3s2)s1.Cl. The number of morpholine rings is 1. The number of hydrogen-bond donors (Lipinski definition) is 0. The highest BCUT2D eigenvalue weighted by Gasteiger charge is 2.25. The van der Waals surface area contributed by atoms with Crippen LogP contribution in [0.5, 0.6) is 0 Å². The molecule has 0 atom stereocenters. The van der Waals surface area contributed by atoms with Gasteiger partial charge >= 0.3 is 0 Å². The lowest BCUT2D eigenvalue weighted by atomic mass is 10.3. The zero-order valence-electron chi connectivity index (χ0n) is 16.9. The summed E-state index contributed by atoms with van der Waals surface area (Å²) in [6.07, 6.45) is 0.807. The first-order chi connectivity index (χ1) is 14.0. The third-order valence-electron chi connectivity index (χ3n) is 4.89. The molecular formula is C20H24ClFN4O2S2. The summed E-state index contributed by atoms with van der Waals surface area (Å²) in [7, 11) is 0. The van der Waals surface area contributed by atoms with E-state index in [-0.39, 0.29) is 24.1 Å². The molecule has 0 saturated carbocycles. The number of thiazole rings is 2. The zero-order chi connectivity index (χ0) is 20.4. The van der Waals surface area contributed by atoms with Crippen molar-refractivity contribution in [1.82, 2.24) is 14.9 Å². The van der Waals surface area contributed by atoms with Crippen LogP contribution >= 0.6 is 35.1 Å². The summed E-state index contributed by atoms with van der Waals surface area (Å²) >= 11 is 2.74. The van der Waals surface area contributed by atoms with E-state index in [9.17, 15) is 9.18 Å². The van der Waals surface area contributed by atoms with Gasteiger partial charge in [-0.2, -0.15) is 0 Å². The van der Waals surface area contributed by atoms with E-state index in [0.29, 0.717) is 22.1 Å². The molecule has 4 rings (SSSR count). The molecule has 0 bridgehead atoms. The Balaban J connectivity index is 0.00000256. The highest BCUT2D eigenvalue weighted by molar-refractivity contribution is 7.22. The van der Waals surface area contributed by atoms with Crippen molar-refractivity contribution in [1.29, 1.82) is 0 Å². The fraction of sp³-hybridized carbons (Fsp3) is 0.450. The Morgan fingerprint density at radius 2 is 2.00 bits per heavy atom. The molecule has 1 saturated heterocycles. The van der Waals surface area contributed by atoms with E-state index in [1.165, 1.54) is 28.7 Å². The molecule has 30 heavy (non-hydrogen) atoms. The van der Waals surface area contributed by atoms with E-state index in [1.54, 1.807) is 11.0 Å². The van der Waals surface area contributed by atoms with E-state index in [4.69, 9.17) is 4.74 Å². The Labute approximate surface area is 189 Å². The first kappa shape index (κ1) is 23.0. The number of aryl methyl sites for hydroxylation is 2. The lowest BCUT2D eigenvalue weighted by molar-refractivity contribution is 0.0376. The number of fused-ring (bicyclic) bond motifs is 1. The Bertz CT molecular complexity index is 1020. The Kier molecular flexibility index (Phi) is 7.75. The van der Waals surface area contributed by atoms with Gasteiger partial charge in [0.2, 0.25) is 0 Å². The number of nitrogens with zero attached hydrogens (tertiary/aromatic N) is 4. The predicted octanol–water partition coefficient (Wildman–Crippen LogP) is 4.30. The molecule has 1 fully saturated rings. The number of aromatic nitrogens is 2. The summed E-state index contributed by atoms with van der Waals surface area (Å²) in [6, 6.07) is 4.89. The minimum Gasteiger partial charge on any atom is -0.379 e. The van der Waals surface area contributed by atoms with Crippen LogP contribution in [0.15, 0.2) is 18.2 Å². The molecule has 0 spiro atoms. The Morgan fingerprint density at radius 1 is 1.23 bits per heavy atom. The molecule has 2 aromatic heterocycles. The van der Waals surface area contributed by atoms with Crippen LogP contribution in [0.1, 0.15) is 26.8 Å². The molecule has 0 unspecified atom stereocenters. The quantitative estimate of drug-likeness (QED) is 0.537. The summed E-state index contributed by atoms with van der Waals surface area (Å²) in [5.74, 6) is -0.481. The maximum atomic E-state index is 14.2. The van der Waals surface area contributed by atoms with E-state index >= 15 is 0 Å². The van der Waals surface area contributed by atoms with Gasteiger partial charge < -0.3 is 4.74 Å². The number of carbonyl (C=O) groups is 1. The van der Waals surface area contributed by atoms with Gasteiger partial charge in [-0.05, 0) is 32.4 Å². The molecule has 0 radical (unpaired) electrons. The van der Waals surface area contributed by atoms with Gasteiger partial charge in [0, 0.05) is 26.2 Å². The second-order valence-electron chi connectivity index (χ2n) is 6.99. The van der Waals surface area contributed by atoms with Crippen LogP contribution < -0.4 is 4.90 Å². The van der Waals surface area contributed by atoms with Gasteiger partial charge in [0.1, 0.15) is 16.2 Å². The highest BCUT2D eigenvalue weighted by Crippen LogP contribution is 2.32. The van der Waals surface area contributed by atoms with Crippen molar-refractivity contribution in [2.75, 3.05) is 44.3 Å². The van der Waals surface area contributed by atoms with Gasteiger partial charge in [0.05, 0.1) is 28.6 Å². The van der Waals surface area contributed by atoms with Gasteiger partial charge in [0.25, 0.3) is 5.91 Å². The van der Waals surface area contributed by atoms with Crippen molar-refractivity contribution in [2.24, 2.45) is 0 Å². The Hall–Kier alpha value is -1.65. The summed E-state index contributed by atoms with van der Waals surface area (Å²) < 4.78 is 20.3. The smallest absolute Gasteiger partial charge is 0.272 e. The van der Waals surface area contributed by atoms with Crippen LogP contribution in [-0.2, 0) is 4.74 Å². The number of anilines is 1. The molecule has 162 valence electrons. The summed E-state index contributed by atoms with van der Waals surface area (Å²) in [5, 5.41) is 1.39. The van der Waals surface area contributed by atoms with Gasteiger partial charge in [-0.25, -0.2) is 14.4 Å². The van der Waals surface area contributed by atoms with Crippen LogP contribution in [0.2, 0.25) is 0 Å². The van der Waals surface area contributed by atoms with Crippen LogP contribution in [0.3, 0.4) is 0 Å². The van der Waals surface area contributed by atoms with Crippen molar-refractivity contribution < 1.29 is 13.9 Å². The van der Waals surface area contributed by atoms with Gasteiger partial charge in [-0.3, -0.25) is 14.6 Å². The number of amides is 1. The van der Waals surface area contributed by atoms with E-state index in [1.807, 2.05) is 19.9 Å². The molecule has 10 heteroatoms. The summed E-state index contributed by atoms with van der Waals surface area (Å²) in [5.41, 5.74) is 1.04. The minimum atomic E-state index is -0.365. The number of ether oxygens (including phenoxy) is 1. The lowest BCUT2D eigenvalue weighted by Crippen LogP contribution is -2.39. The fourth-order valence-electron chi connectivity index (χ4n) is 3.43. The molecule has 3 aromatic rings. The third kappa shape index (κ3) is 4.97. The van der Waals surface area contributed by atoms with Crippen LogP contribution in [0, 0.1) is 19.7 Å². The average Bonchev–Trinajstić information content (AvgIpc) is 3.29. The van der Waals surface area contributed by atoms with Crippen molar-refractivity contribution in [3.05, 3.63) is 39.6 Å². The molecule has 1 amide bonds. The average molecular weight is 471 g/mol. The molecule has 0 aliphatic carbocycles. The number of benzene rings is 1. The third-order valence-corrected chi connectivity index (χ3v) is 7.00. The number of hydrogen-bond acceptors (Lipinski definition) is 7. The minimum absolute atomic E-state index is 0. The second kappa shape index (κ2) is 10.1. The highest BCUT2D eigenvalue weighted by atomic mass is 35.5. The fourth-order valence-corrected chi connectivity index (χ4v) is 5.31. The Morgan fingerprint density at radius 3 is 2.67 bits per heavy atom. The second-order valence-corrected chi connectivity index (χ2v) is 9.21. The topological polar surface area (TPSA) is 58.6 Å². The maximum Gasteiger partial charge on any atom is 0.272 e. The largest absolute Gasteiger partial charge is 0.379 e. The van der Waals surface area contributed by atoms with Crippen molar-refractivity contribution in [3.8, 4) is 0 Å². The zero-order valence-corrected chi connectivity index (χ0v) is 19.3. The monoisotopic (exact) mass is 470 g/mol. The number of carbonyl (C=O) groups excluding carboxylic acids is 1. The van der Waals surface area contributed by atoms with Crippen LogP contribution in [0.25, 0.3) is 10.2 Å². The normalized spacial score (nSPS) is 14.6. The molecule has 6 nitrogen and oxygen atoms in total. The lowest BCUT2D eigenvalue weighted by Gasteiger charge is -2.27. The number of rotatable bonds is 6. The van der Waals surface area contributed by atoms with Crippen LogP contribution in [0.4, 0.5) is 9.52 Å². The molecular weight excluding hydrogens is 447 g/mol. The number of para-hydroxylation sites is 1. The predicted molar refractivity (Wildman–Crippen MR) is 122 cm³/mol. The first-order valence-electron chi connectivity index (χ1n) is 9.64. The van der Waals surface area contributed by atoms with Gasteiger partial charge in [-0.1, -0.05) is 17.4 Å². The van der Waals surface area contributed by atoms with Crippen LogP contribution in [-0.4, -0.2) is 60.2 Å². The summed E-state index contributed by atoms with van der Waals surface area (Å²) in [6.45, 7) is 8.46. The first-order valence-corrected chi connectivity index (χ1v) is 11.3. The van der Waals surface area contributed by atoms with Gasteiger partial charge in [0.15, 0.2) is 5.13 Å². The van der Waals surface area contributed by atoms with E-state index in [0.717, 1.165) is 54.7 Å². The molecule has 1 aromatic carbocycles. The molecule has 1 aliphatic heterocycles.